The number of nitrogens with one attached hydrogen (secondary N) is 2. The first-order valence-electron chi connectivity index (χ1n) is 7.47. The Morgan fingerprint density at radius 3 is 2.62 bits per heavy atom. The van der Waals surface area contributed by atoms with Crippen LogP contribution in [0.5, 0.6) is 0 Å². The van der Waals surface area contributed by atoms with Gasteiger partial charge in [0.05, 0.1) is 17.1 Å². The van der Waals surface area contributed by atoms with E-state index in [1.54, 1.807) is 0 Å². The fourth-order valence-corrected chi connectivity index (χ4v) is 3.89. The summed E-state index contributed by atoms with van der Waals surface area (Å²) in [5.74, 6) is 0.318. The number of piperidine rings is 1. The van der Waals surface area contributed by atoms with Crippen LogP contribution in [0.15, 0.2) is 0 Å². The van der Waals surface area contributed by atoms with E-state index in [1.807, 2.05) is 13.8 Å². The second-order valence-electron chi connectivity index (χ2n) is 5.33. The highest BCUT2D eigenvalue weighted by molar-refractivity contribution is 7.92. The van der Waals surface area contributed by atoms with Crippen LogP contribution in [-0.2, 0) is 22.9 Å². The minimum atomic E-state index is -3.43. The number of aryl methyl sites for hydroxylation is 2. The molecule has 0 bridgehead atoms. The van der Waals surface area contributed by atoms with Crippen molar-refractivity contribution >= 4 is 16.0 Å². The summed E-state index contributed by atoms with van der Waals surface area (Å²) < 4.78 is 26.8. The van der Waals surface area contributed by atoms with Crippen molar-refractivity contribution < 1.29 is 8.42 Å². The first-order valence-corrected chi connectivity index (χ1v) is 9.13. The molecule has 1 aromatic heterocycles. The second-order valence-corrected chi connectivity index (χ2v) is 7.10. The van der Waals surface area contributed by atoms with E-state index in [0.717, 1.165) is 43.7 Å². The maximum Gasteiger partial charge on any atom is 0.256 e. The number of anilines is 1. The molecule has 7 nitrogen and oxygen atoms in total. The van der Waals surface area contributed by atoms with Gasteiger partial charge in [0, 0.05) is 0 Å². The van der Waals surface area contributed by atoms with Crippen LogP contribution in [0.25, 0.3) is 0 Å². The lowest BCUT2D eigenvalue weighted by molar-refractivity contribution is 0.404. The molecule has 1 atom stereocenters. The van der Waals surface area contributed by atoms with Crippen LogP contribution in [0.1, 0.15) is 38.1 Å². The van der Waals surface area contributed by atoms with Crippen LogP contribution in [-0.4, -0.2) is 42.4 Å². The number of aromatic nitrogens is 3. The van der Waals surface area contributed by atoms with Crippen LogP contribution in [0.2, 0.25) is 0 Å². The second kappa shape index (κ2) is 7.13. The average Bonchev–Trinajstić information content (AvgIpc) is 2.47. The van der Waals surface area contributed by atoms with Gasteiger partial charge in [0.2, 0.25) is 10.0 Å². The lowest BCUT2D eigenvalue weighted by Crippen LogP contribution is -2.35. The Hall–Kier alpha value is -1.28. The van der Waals surface area contributed by atoms with E-state index in [0.29, 0.717) is 6.42 Å². The van der Waals surface area contributed by atoms with Crippen molar-refractivity contribution in [3.05, 3.63) is 11.4 Å². The van der Waals surface area contributed by atoms with Crippen molar-refractivity contribution in [2.24, 2.45) is 5.92 Å². The van der Waals surface area contributed by atoms with Crippen LogP contribution >= 0.6 is 0 Å². The molecule has 21 heavy (non-hydrogen) atoms. The summed E-state index contributed by atoms with van der Waals surface area (Å²) in [5.41, 5.74) is 1.61. The van der Waals surface area contributed by atoms with Gasteiger partial charge in [-0.1, -0.05) is 13.8 Å². The highest BCUT2D eigenvalue weighted by Gasteiger charge is 2.22. The summed E-state index contributed by atoms with van der Waals surface area (Å²) in [4.78, 5) is 4.26. The molecule has 0 radical (unpaired) electrons. The molecule has 0 saturated carbocycles. The smallest absolute Gasteiger partial charge is 0.256 e. The number of nitrogens with zero attached hydrogens (tertiary/aromatic N) is 3. The molecule has 1 fully saturated rings. The van der Waals surface area contributed by atoms with Crippen LogP contribution < -0.4 is 10.0 Å². The maximum absolute atomic E-state index is 12.2. The van der Waals surface area contributed by atoms with Gasteiger partial charge < -0.3 is 5.32 Å². The molecule has 1 aromatic rings. The average molecular weight is 313 g/mol. The Labute approximate surface area is 126 Å². The third-order valence-electron chi connectivity index (χ3n) is 3.61. The van der Waals surface area contributed by atoms with E-state index in [2.05, 4.69) is 25.2 Å². The summed E-state index contributed by atoms with van der Waals surface area (Å²) in [7, 11) is -3.43. The fourth-order valence-electron chi connectivity index (χ4n) is 2.54. The zero-order chi connectivity index (χ0) is 15.3. The first-order chi connectivity index (χ1) is 10.0. The molecule has 1 aliphatic heterocycles. The van der Waals surface area contributed by atoms with Crippen molar-refractivity contribution in [1.29, 1.82) is 0 Å². The summed E-state index contributed by atoms with van der Waals surface area (Å²) in [6.07, 6.45) is 3.40. The molecule has 2 heterocycles. The molecule has 1 saturated heterocycles. The standard InChI is InChI=1S/C13H23N5O2S/c1-3-11-12(4-2)16-17-13(15-11)18-21(19,20)9-10-6-5-7-14-8-10/h10,14H,3-9H2,1-2H3,(H,15,17,18). The molecule has 0 amide bonds. The molecular weight excluding hydrogens is 290 g/mol. The molecule has 0 spiro atoms. The molecule has 0 aliphatic carbocycles. The largest absolute Gasteiger partial charge is 0.316 e. The van der Waals surface area contributed by atoms with Crippen molar-refractivity contribution in [2.45, 2.75) is 39.5 Å². The normalized spacial score (nSPS) is 19.4. The third kappa shape index (κ3) is 4.60. The Kier molecular flexibility index (Phi) is 5.46. The van der Waals surface area contributed by atoms with Gasteiger partial charge in [0.25, 0.3) is 5.95 Å². The van der Waals surface area contributed by atoms with Gasteiger partial charge in [0.15, 0.2) is 0 Å². The van der Waals surface area contributed by atoms with Crippen LogP contribution in [0.3, 0.4) is 0 Å². The Bertz CT molecular complexity index is 570. The molecule has 2 N–H and O–H groups in total. The highest BCUT2D eigenvalue weighted by Crippen LogP contribution is 2.14. The predicted octanol–water partition coefficient (Wildman–Crippen LogP) is 0.738. The van der Waals surface area contributed by atoms with Gasteiger partial charge in [-0.05, 0) is 44.7 Å². The summed E-state index contributed by atoms with van der Waals surface area (Å²) in [5, 5.41) is 11.1. The third-order valence-corrected chi connectivity index (χ3v) is 5.01. The van der Waals surface area contributed by atoms with Gasteiger partial charge in [-0.2, -0.15) is 0 Å². The van der Waals surface area contributed by atoms with Crippen LogP contribution in [0, 0.1) is 5.92 Å². The number of hydrogen-bond donors (Lipinski definition) is 2. The molecule has 2 rings (SSSR count). The van der Waals surface area contributed by atoms with Gasteiger partial charge in [0.1, 0.15) is 0 Å². The monoisotopic (exact) mass is 313 g/mol. The quantitative estimate of drug-likeness (QED) is 0.804. The van der Waals surface area contributed by atoms with Gasteiger partial charge in [-0.15, -0.1) is 10.2 Å². The Morgan fingerprint density at radius 1 is 1.24 bits per heavy atom. The van der Waals surface area contributed by atoms with Gasteiger partial charge >= 0.3 is 0 Å². The zero-order valence-corrected chi connectivity index (χ0v) is 13.4. The fraction of sp³-hybridized carbons (Fsp3) is 0.769. The molecule has 0 aromatic carbocycles. The van der Waals surface area contributed by atoms with E-state index in [4.69, 9.17) is 0 Å². The van der Waals surface area contributed by atoms with E-state index >= 15 is 0 Å². The minimum Gasteiger partial charge on any atom is -0.316 e. The van der Waals surface area contributed by atoms with Gasteiger partial charge in [-0.25, -0.2) is 18.1 Å². The molecular formula is C13H23N5O2S. The SMILES string of the molecule is CCc1nnc(NS(=O)(=O)CC2CCCNC2)nc1CC. The predicted molar refractivity (Wildman–Crippen MR) is 81.6 cm³/mol. The number of sulfonamides is 1. The Balaban J connectivity index is 2.05. The summed E-state index contributed by atoms with van der Waals surface area (Å²) >= 11 is 0. The molecule has 1 unspecified atom stereocenters. The lowest BCUT2D eigenvalue weighted by atomic mass is 10.0. The van der Waals surface area contributed by atoms with E-state index in [9.17, 15) is 8.42 Å². The zero-order valence-electron chi connectivity index (χ0n) is 12.6. The molecule has 1 aliphatic rings. The topological polar surface area (TPSA) is 96.9 Å². The van der Waals surface area contributed by atoms with Crippen LogP contribution in [0.4, 0.5) is 5.95 Å². The van der Waals surface area contributed by atoms with Crippen molar-refractivity contribution in [2.75, 3.05) is 23.6 Å². The highest BCUT2D eigenvalue weighted by atomic mass is 32.2. The number of hydrogen-bond acceptors (Lipinski definition) is 6. The lowest BCUT2D eigenvalue weighted by Gasteiger charge is -2.22. The number of rotatable bonds is 6. The van der Waals surface area contributed by atoms with E-state index < -0.39 is 10.0 Å². The molecule has 118 valence electrons. The summed E-state index contributed by atoms with van der Waals surface area (Å²) in [6.45, 7) is 5.66. The van der Waals surface area contributed by atoms with Crippen molar-refractivity contribution in [3.63, 3.8) is 0 Å². The minimum absolute atomic E-state index is 0.0767. The maximum atomic E-state index is 12.2. The summed E-state index contributed by atoms with van der Waals surface area (Å²) in [6, 6.07) is 0. The van der Waals surface area contributed by atoms with E-state index in [-0.39, 0.29) is 17.6 Å². The van der Waals surface area contributed by atoms with E-state index in [1.165, 1.54) is 0 Å². The molecule has 8 heteroatoms. The first kappa shape index (κ1) is 16.1. The van der Waals surface area contributed by atoms with Crippen molar-refractivity contribution in [3.8, 4) is 0 Å². The van der Waals surface area contributed by atoms with Crippen molar-refractivity contribution in [1.82, 2.24) is 20.5 Å². The van der Waals surface area contributed by atoms with Gasteiger partial charge in [-0.3, -0.25) is 0 Å². The Morgan fingerprint density at radius 2 is 2.00 bits per heavy atom.